The molecule has 0 aromatic heterocycles. The maximum Gasteiger partial charge on any atom is 0.290 e. The third-order valence-corrected chi connectivity index (χ3v) is 4.84. The first-order chi connectivity index (χ1) is 11.5. The molecule has 0 bridgehead atoms. The molecule has 2 aromatic carbocycles. The Labute approximate surface area is 152 Å². The van der Waals surface area contributed by atoms with E-state index in [4.69, 9.17) is 33.1 Å². The van der Waals surface area contributed by atoms with Crippen molar-refractivity contribution in [2.24, 2.45) is 0 Å². The number of rotatable bonds is 2. The molecule has 0 saturated heterocycles. The highest BCUT2D eigenvalue weighted by Gasteiger charge is 2.29. The Morgan fingerprint density at radius 1 is 1.21 bits per heavy atom. The van der Waals surface area contributed by atoms with Gasteiger partial charge in [0.1, 0.15) is 0 Å². The van der Waals surface area contributed by atoms with Gasteiger partial charge in [0.25, 0.3) is 6.47 Å². The average Bonchev–Trinajstić information content (AvgIpc) is 2.55. The topological polar surface area (TPSA) is 40.5 Å². The molecule has 0 fully saturated rings. The second-order valence-electron chi connectivity index (χ2n) is 6.05. The first kappa shape index (κ1) is 18.8. The van der Waals surface area contributed by atoms with Crippen LogP contribution in [0.15, 0.2) is 42.5 Å². The minimum atomic E-state index is -0.250. The SMILES string of the molecule is CC(C)N1Cc2c(Cl)cc(Cl)cc2C(c2ccccc2)C1.O=CO. The number of carboxylic acid groups (broad SMARTS) is 1. The van der Waals surface area contributed by atoms with Crippen LogP contribution in [0, 0.1) is 0 Å². The van der Waals surface area contributed by atoms with Crippen LogP contribution in [0.3, 0.4) is 0 Å². The summed E-state index contributed by atoms with van der Waals surface area (Å²) >= 11 is 12.7. The normalized spacial score (nSPS) is 17.0. The summed E-state index contributed by atoms with van der Waals surface area (Å²) in [5, 5.41) is 8.39. The van der Waals surface area contributed by atoms with Gasteiger partial charge in [-0.15, -0.1) is 0 Å². The van der Waals surface area contributed by atoms with Crippen LogP contribution in [0.1, 0.15) is 36.5 Å². The van der Waals surface area contributed by atoms with Gasteiger partial charge in [-0.2, -0.15) is 0 Å². The number of carbonyl (C=O) groups is 1. The van der Waals surface area contributed by atoms with Gasteiger partial charge in [-0.3, -0.25) is 9.69 Å². The fourth-order valence-electron chi connectivity index (χ4n) is 3.07. The Hall–Kier alpha value is -1.55. The van der Waals surface area contributed by atoms with Crippen molar-refractivity contribution < 1.29 is 9.90 Å². The summed E-state index contributed by atoms with van der Waals surface area (Å²) < 4.78 is 0. The van der Waals surface area contributed by atoms with Crippen molar-refractivity contribution in [3.05, 3.63) is 69.2 Å². The van der Waals surface area contributed by atoms with Crippen LogP contribution < -0.4 is 0 Å². The van der Waals surface area contributed by atoms with E-state index in [1.807, 2.05) is 6.07 Å². The van der Waals surface area contributed by atoms with E-state index in [1.165, 1.54) is 16.7 Å². The zero-order valence-electron chi connectivity index (χ0n) is 13.7. The van der Waals surface area contributed by atoms with Gasteiger partial charge < -0.3 is 5.11 Å². The quantitative estimate of drug-likeness (QED) is 0.756. The Bertz CT molecular complexity index is 689. The molecule has 1 heterocycles. The number of nitrogens with zero attached hydrogens (tertiary/aromatic N) is 1. The molecular weight excluding hydrogens is 345 g/mol. The monoisotopic (exact) mass is 365 g/mol. The summed E-state index contributed by atoms with van der Waals surface area (Å²) in [5.41, 5.74) is 3.81. The van der Waals surface area contributed by atoms with E-state index in [1.54, 1.807) is 0 Å². The molecule has 2 aromatic rings. The van der Waals surface area contributed by atoms with Crippen molar-refractivity contribution in [3.63, 3.8) is 0 Å². The lowest BCUT2D eigenvalue weighted by atomic mass is 9.84. The summed E-state index contributed by atoms with van der Waals surface area (Å²) in [6.45, 7) is 6.12. The second-order valence-corrected chi connectivity index (χ2v) is 6.89. The van der Waals surface area contributed by atoms with Crippen molar-refractivity contribution >= 4 is 29.7 Å². The minimum Gasteiger partial charge on any atom is -0.483 e. The summed E-state index contributed by atoms with van der Waals surface area (Å²) in [7, 11) is 0. The van der Waals surface area contributed by atoms with Crippen molar-refractivity contribution in [2.75, 3.05) is 6.54 Å². The van der Waals surface area contributed by atoms with Gasteiger partial charge in [-0.1, -0.05) is 53.5 Å². The van der Waals surface area contributed by atoms with Gasteiger partial charge in [0.05, 0.1) is 0 Å². The standard InChI is InChI=1S/C18H19Cl2N.CH2O2/c1-12(2)21-10-16(13-6-4-3-5-7-13)15-8-14(19)9-18(20)17(15)11-21;2-1-3/h3-9,12,16H,10-11H2,1-2H3;1H,(H,2,3). The molecule has 0 aliphatic carbocycles. The maximum absolute atomic E-state index is 8.36. The Balaban J connectivity index is 0.000000647. The molecule has 128 valence electrons. The van der Waals surface area contributed by atoms with E-state index in [2.05, 4.69) is 55.1 Å². The van der Waals surface area contributed by atoms with E-state index in [9.17, 15) is 0 Å². The van der Waals surface area contributed by atoms with Crippen molar-refractivity contribution in [2.45, 2.75) is 32.4 Å². The zero-order valence-corrected chi connectivity index (χ0v) is 15.3. The maximum atomic E-state index is 8.36. The fourth-order valence-corrected chi connectivity index (χ4v) is 3.63. The molecule has 0 spiro atoms. The van der Waals surface area contributed by atoms with Gasteiger partial charge in [0.2, 0.25) is 0 Å². The smallest absolute Gasteiger partial charge is 0.290 e. The van der Waals surface area contributed by atoms with Crippen LogP contribution in [0.4, 0.5) is 0 Å². The summed E-state index contributed by atoms with van der Waals surface area (Å²) in [6.07, 6.45) is 0. The van der Waals surface area contributed by atoms with Crippen molar-refractivity contribution in [1.82, 2.24) is 4.90 Å². The molecule has 1 aliphatic rings. The van der Waals surface area contributed by atoms with Crippen LogP contribution >= 0.6 is 23.2 Å². The van der Waals surface area contributed by atoms with Crippen LogP contribution in [-0.2, 0) is 11.3 Å². The summed E-state index contributed by atoms with van der Waals surface area (Å²) in [5.74, 6) is 0.327. The predicted octanol–water partition coefficient (Wildman–Crippen LogP) is 5.05. The molecule has 24 heavy (non-hydrogen) atoms. The number of benzene rings is 2. The van der Waals surface area contributed by atoms with E-state index in [-0.39, 0.29) is 6.47 Å². The van der Waals surface area contributed by atoms with Gasteiger partial charge in [0, 0.05) is 35.1 Å². The fraction of sp³-hybridized carbons (Fsp3) is 0.316. The van der Waals surface area contributed by atoms with Gasteiger partial charge in [0.15, 0.2) is 0 Å². The minimum absolute atomic E-state index is 0.250. The lowest BCUT2D eigenvalue weighted by Crippen LogP contribution is -2.38. The zero-order chi connectivity index (χ0) is 17.7. The highest BCUT2D eigenvalue weighted by atomic mass is 35.5. The third-order valence-electron chi connectivity index (χ3n) is 4.28. The van der Waals surface area contributed by atoms with E-state index in [0.717, 1.165) is 23.1 Å². The van der Waals surface area contributed by atoms with E-state index in [0.29, 0.717) is 12.0 Å². The molecule has 3 nitrogen and oxygen atoms in total. The molecule has 3 rings (SSSR count). The second kappa shape index (κ2) is 8.52. The van der Waals surface area contributed by atoms with Crippen LogP contribution in [0.2, 0.25) is 10.0 Å². The molecule has 5 heteroatoms. The largest absolute Gasteiger partial charge is 0.483 e. The molecule has 0 saturated carbocycles. The van der Waals surface area contributed by atoms with Crippen LogP contribution in [0.5, 0.6) is 0 Å². The van der Waals surface area contributed by atoms with Crippen molar-refractivity contribution in [1.29, 1.82) is 0 Å². The molecule has 0 amide bonds. The predicted molar refractivity (Wildman–Crippen MR) is 99.0 cm³/mol. The molecule has 1 N–H and O–H groups in total. The average molecular weight is 366 g/mol. The number of hydrogen-bond donors (Lipinski definition) is 1. The summed E-state index contributed by atoms with van der Waals surface area (Å²) in [6, 6.07) is 15.0. The van der Waals surface area contributed by atoms with Crippen molar-refractivity contribution in [3.8, 4) is 0 Å². The van der Waals surface area contributed by atoms with Gasteiger partial charge in [-0.05, 0) is 42.7 Å². The molecule has 1 aliphatic heterocycles. The first-order valence-electron chi connectivity index (χ1n) is 7.82. The highest BCUT2D eigenvalue weighted by Crippen LogP contribution is 2.39. The van der Waals surface area contributed by atoms with E-state index >= 15 is 0 Å². The number of hydrogen-bond acceptors (Lipinski definition) is 2. The summed E-state index contributed by atoms with van der Waals surface area (Å²) in [4.78, 5) is 10.8. The van der Waals surface area contributed by atoms with Crippen LogP contribution in [0.25, 0.3) is 0 Å². The Morgan fingerprint density at radius 3 is 2.42 bits per heavy atom. The van der Waals surface area contributed by atoms with E-state index < -0.39 is 0 Å². The molecular formula is C19H21Cl2NO2. The Morgan fingerprint density at radius 2 is 1.83 bits per heavy atom. The number of fused-ring (bicyclic) bond motifs is 1. The molecule has 1 unspecified atom stereocenters. The lowest BCUT2D eigenvalue weighted by Gasteiger charge is -2.38. The molecule has 0 radical (unpaired) electrons. The van der Waals surface area contributed by atoms with Crippen LogP contribution in [-0.4, -0.2) is 29.1 Å². The van der Waals surface area contributed by atoms with Gasteiger partial charge in [-0.25, -0.2) is 0 Å². The van der Waals surface area contributed by atoms with Gasteiger partial charge >= 0.3 is 0 Å². The first-order valence-corrected chi connectivity index (χ1v) is 8.58. The highest BCUT2D eigenvalue weighted by molar-refractivity contribution is 6.35. The lowest BCUT2D eigenvalue weighted by molar-refractivity contribution is -0.122. The Kier molecular flexibility index (Phi) is 6.67. The number of halogens is 2. The molecule has 1 atom stereocenters. The third kappa shape index (κ3) is 4.29.